The Kier molecular flexibility index (Phi) is 4.72. The average molecular weight is 341 g/mol. The monoisotopic (exact) mass is 341 g/mol. The molecule has 24 heavy (non-hydrogen) atoms. The van der Waals surface area contributed by atoms with Gasteiger partial charge in [-0.05, 0) is 24.3 Å². The topological polar surface area (TPSA) is 78.7 Å². The van der Waals surface area contributed by atoms with Crippen LogP contribution in [0.4, 0.5) is 18.9 Å². The van der Waals surface area contributed by atoms with Crippen LogP contribution in [0.1, 0.15) is 15.9 Å². The Labute approximate surface area is 133 Å². The molecular weight excluding hydrogens is 331 g/mol. The number of hydrogen-bond donors (Lipinski definition) is 0. The molecule has 2 aromatic carbocycles. The molecule has 0 atom stereocenters. The van der Waals surface area contributed by atoms with E-state index in [-0.39, 0.29) is 17.1 Å². The fraction of sp³-hybridized carbons (Fsp3) is 0.133. The predicted octanol–water partition coefficient (Wildman–Crippen LogP) is 4.23. The third kappa shape index (κ3) is 3.62. The molecule has 2 aromatic rings. The number of ether oxygens (including phenoxy) is 2. The van der Waals surface area contributed by atoms with Crippen molar-refractivity contribution in [3.63, 3.8) is 0 Å². The second-order valence-corrected chi connectivity index (χ2v) is 4.57. The van der Waals surface area contributed by atoms with Crippen LogP contribution in [0, 0.1) is 10.1 Å². The maximum Gasteiger partial charge on any atom is 0.416 e. The van der Waals surface area contributed by atoms with E-state index in [4.69, 9.17) is 9.47 Å². The van der Waals surface area contributed by atoms with E-state index in [1.165, 1.54) is 25.3 Å². The Morgan fingerprint density at radius 3 is 2.33 bits per heavy atom. The number of nitro groups is 1. The molecule has 0 saturated heterocycles. The molecule has 0 bridgehead atoms. The van der Waals surface area contributed by atoms with Gasteiger partial charge < -0.3 is 9.47 Å². The molecule has 126 valence electrons. The third-order valence-electron chi connectivity index (χ3n) is 3.03. The second-order valence-electron chi connectivity index (χ2n) is 4.57. The summed E-state index contributed by atoms with van der Waals surface area (Å²) in [6, 6.07) is 5.74. The lowest BCUT2D eigenvalue weighted by molar-refractivity contribution is -0.385. The van der Waals surface area contributed by atoms with Crippen molar-refractivity contribution in [2.24, 2.45) is 0 Å². The van der Waals surface area contributed by atoms with Gasteiger partial charge in [-0.2, -0.15) is 13.2 Å². The number of halogens is 3. The largest absolute Gasteiger partial charge is 0.493 e. The zero-order valence-electron chi connectivity index (χ0n) is 12.2. The molecule has 0 aliphatic carbocycles. The molecule has 0 aliphatic heterocycles. The van der Waals surface area contributed by atoms with Crippen LogP contribution in [0.5, 0.6) is 17.2 Å². The highest BCUT2D eigenvalue weighted by Gasteiger charge is 2.33. The lowest BCUT2D eigenvalue weighted by Crippen LogP contribution is -2.06. The van der Waals surface area contributed by atoms with Crippen molar-refractivity contribution in [2.75, 3.05) is 7.11 Å². The van der Waals surface area contributed by atoms with Gasteiger partial charge in [0.2, 0.25) is 5.75 Å². The number of aldehydes is 1. The first-order chi connectivity index (χ1) is 11.3. The lowest BCUT2D eigenvalue weighted by atomic mass is 10.1. The zero-order chi connectivity index (χ0) is 17.9. The summed E-state index contributed by atoms with van der Waals surface area (Å²) >= 11 is 0. The number of carbonyl (C=O) groups excluding carboxylic acids is 1. The SMILES string of the molecule is COc1cc(C=O)ccc1Oc1cc(C(F)(F)F)ccc1[N+](=O)[O-]. The fourth-order valence-electron chi connectivity index (χ4n) is 1.88. The van der Waals surface area contributed by atoms with Gasteiger partial charge in [0, 0.05) is 17.7 Å². The number of methoxy groups -OCH3 is 1. The number of nitro benzene ring substituents is 1. The van der Waals surface area contributed by atoms with E-state index in [0.717, 1.165) is 0 Å². The first kappa shape index (κ1) is 17.3. The van der Waals surface area contributed by atoms with Crippen LogP contribution in [0.25, 0.3) is 0 Å². The Bertz CT molecular complexity index is 789. The van der Waals surface area contributed by atoms with Gasteiger partial charge in [-0.1, -0.05) is 0 Å². The number of nitrogens with zero attached hydrogens (tertiary/aromatic N) is 1. The summed E-state index contributed by atoms with van der Waals surface area (Å²) in [6.07, 6.45) is -4.14. The molecule has 9 heteroatoms. The maximum atomic E-state index is 12.8. The van der Waals surface area contributed by atoms with Crippen molar-refractivity contribution in [3.05, 3.63) is 57.6 Å². The number of carbonyl (C=O) groups is 1. The van der Waals surface area contributed by atoms with Crippen molar-refractivity contribution in [1.82, 2.24) is 0 Å². The normalized spacial score (nSPS) is 11.0. The average Bonchev–Trinajstić information content (AvgIpc) is 2.54. The second kappa shape index (κ2) is 6.57. The van der Waals surface area contributed by atoms with Gasteiger partial charge in [0.15, 0.2) is 11.5 Å². The summed E-state index contributed by atoms with van der Waals surface area (Å²) in [6.45, 7) is 0. The van der Waals surface area contributed by atoms with Crippen molar-refractivity contribution in [1.29, 1.82) is 0 Å². The molecule has 0 radical (unpaired) electrons. The molecule has 0 amide bonds. The minimum Gasteiger partial charge on any atom is -0.493 e. The minimum atomic E-state index is -4.68. The van der Waals surface area contributed by atoms with E-state index in [2.05, 4.69) is 0 Å². The van der Waals surface area contributed by atoms with Crippen molar-refractivity contribution in [3.8, 4) is 17.2 Å². The molecule has 0 spiro atoms. The van der Waals surface area contributed by atoms with E-state index in [1.807, 2.05) is 0 Å². The molecular formula is C15H10F3NO5. The van der Waals surface area contributed by atoms with Gasteiger partial charge in [-0.3, -0.25) is 14.9 Å². The van der Waals surface area contributed by atoms with Gasteiger partial charge in [-0.15, -0.1) is 0 Å². The number of hydrogen-bond acceptors (Lipinski definition) is 5. The highest BCUT2D eigenvalue weighted by molar-refractivity contribution is 5.76. The lowest BCUT2D eigenvalue weighted by Gasteiger charge is -2.13. The van der Waals surface area contributed by atoms with Crippen LogP contribution in [0.3, 0.4) is 0 Å². The fourth-order valence-corrected chi connectivity index (χ4v) is 1.88. The Hall–Kier alpha value is -3.10. The Balaban J connectivity index is 2.51. The highest BCUT2D eigenvalue weighted by atomic mass is 19.4. The van der Waals surface area contributed by atoms with E-state index in [1.54, 1.807) is 0 Å². The highest BCUT2D eigenvalue weighted by Crippen LogP contribution is 2.40. The smallest absolute Gasteiger partial charge is 0.416 e. The third-order valence-corrected chi connectivity index (χ3v) is 3.03. The molecule has 0 heterocycles. The van der Waals surface area contributed by atoms with E-state index in [0.29, 0.717) is 24.5 Å². The van der Waals surface area contributed by atoms with Crippen molar-refractivity contribution < 1.29 is 32.4 Å². The summed E-state index contributed by atoms with van der Waals surface area (Å²) in [5, 5.41) is 11.0. The zero-order valence-corrected chi connectivity index (χ0v) is 12.2. The summed E-state index contributed by atoms with van der Waals surface area (Å²) in [5.74, 6) is -0.608. The number of benzene rings is 2. The standard InChI is InChI=1S/C15H10F3NO5/c1-23-14-6-9(8-20)2-5-12(14)24-13-7-10(15(16,17)18)3-4-11(13)19(21)22/h2-8H,1H3. The molecule has 2 rings (SSSR count). The summed E-state index contributed by atoms with van der Waals surface area (Å²) in [7, 11) is 1.26. The minimum absolute atomic E-state index is 0.0475. The number of alkyl halides is 3. The molecule has 6 nitrogen and oxygen atoms in total. The molecule has 0 saturated carbocycles. The maximum absolute atomic E-state index is 12.8. The van der Waals surface area contributed by atoms with E-state index < -0.39 is 28.1 Å². The van der Waals surface area contributed by atoms with Gasteiger partial charge in [0.05, 0.1) is 17.6 Å². The Morgan fingerprint density at radius 2 is 1.79 bits per heavy atom. The van der Waals surface area contributed by atoms with Gasteiger partial charge in [0.25, 0.3) is 0 Å². The van der Waals surface area contributed by atoms with Crippen LogP contribution in [-0.2, 0) is 6.18 Å². The first-order valence-corrected chi connectivity index (χ1v) is 6.43. The van der Waals surface area contributed by atoms with E-state index in [9.17, 15) is 28.1 Å². The predicted molar refractivity (Wildman–Crippen MR) is 76.6 cm³/mol. The van der Waals surface area contributed by atoms with Crippen LogP contribution < -0.4 is 9.47 Å². The van der Waals surface area contributed by atoms with Gasteiger partial charge in [0.1, 0.15) is 6.29 Å². The van der Waals surface area contributed by atoms with Crippen molar-refractivity contribution in [2.45, 2.75) is 6.18 Å². The summed E-state index contributed by atoms with van der Waals surface area (Å²) in [5.41, 5.74) is -1.48. The quantitative estimate of drug-likeness (QED) is 0.462. The molecule has 0 N–H and O–H groups in total. The Morgan fingerprint density at radius 1 is 1.08 bits per heavy atom. The van der Waals surface area contributed by atoms with E-state index >= 15 is 0 Å². The molecule has 0 aromatic heterocycles. The van der Waals surface area contributed by atoms with Crippen LogP contribution in [0.15, 0.2) is 36.4 Å². The molecule has 0 fully saturated rings. The van der Waals surface area contributed by atoms with Crippen molar-refractivity contribution >= 4 is 12.0 Å². The number of rotatable bonds is 5. The summed E-state index contributed by atoms with van der Waals surface area (Å²) in [4.78, 5) is 20.9. The van der Waals surface area contributed by atoms with Crippen LogP contribution in [0.2, 0.25) is 0 Å². The van der Waals surface area contributed by atoms with Gasteiger partial charge in [-0.25, -0.2) is 0 Å². The summed E-state index contributed by atoms with van der Waals surface area (Å²) < 4.78 is 48.6. The first-order valence-electron chi connectivity index (χ1n) is 6.43. The molecule has 0 aliphatic rings. The van der Waals surface area contributed by atoms with Crippen LogP contribution in [-0.4, -0.2) is 18.3 Å². The van der Waals surface area contributed by atoms with Crippen LogP contribution >= 0.6 is 0 Å². The van der Waals surface area contributed by atoms with Gasteiger partial charge >= 0.3 is 11.9 Å². The molecule has 0 unspecified atom stereocenters.